The van der Waals surface area contributed by atoms with Crippen molar-refractivity contribution >= 4 is 11.6 Å². The number of ether oxygens (including phenoxy) is 1. The first-order valence-electron chi connectivity index (χ1n) is 8.42. The summed E-state index contributed by atoms with van der Waals surface area (Å²) < 4.78 is 5.59. The van der Waals surface area contributed by atoms with Crippen LogP contribution < -0.4 is 5.32 Å². The first-order chi connectivity index (χ1) is 11.9. The smallest absolute Gasteiger partial charge is 0.0888 e. The van der Waals surface area contributed by atoms with Crippen LogP contribution in [0.25, 0.3) is 0 Å². The summed E-state index contributed by atoms with van der Waals surface area (Å²) in [7, 11) is 0. The Morgan fingerprint density at radius 2 is 2.24 bits per heavy atom. The lowest BCUT2D eigenvalue weighted by Crippen LogP contribution is -2.42. The van der Waals surface area contributed by atoms with Crippen LogP contribution in [0.4, 0.5) is 0 Å². The van der Waals surface area contributed by atoms with Gasteiger partial charge in [-0.15, -0.1) is 5.73 Å². The molecule has 0 saturated carbocycles. The van der Waals surface area contributed by atoms with E-state index in [0.717, 1.165) is 41.0 Å². The number of hydrogen-bond donors (Lipinski definition) is 1. The monoisotopic (exact) mass is 355 g/mol. The van der Waals surface area contributed by atoms with Gasteiger partial charge in [0, 0.05) is 17.9 Å². The normalized spacial score (nSPS) is 29.5. The zero-order chi connectivity index (χ0) is 18.4. The molecule has 1 fully saturated rings. The second-order valence-electron chi connectivity index (χ2n) is 6.71. The minimum Gasteiger partial charge on any atom is -0.379 e. The summed E-state index contributed by atoms with van der Waals surface area (Å²) in [5.74, 6) is 0. The third-order valence-electron chi connectivity index (χ3n) is 4.26. The minimum absolute atomic E-state index is 0.127. The van der Waals surface area contributed by atoms with Crippen LogP contribution in [0.5, 0.6) is 0 Å². The van der Waals surface area contributed by atoms with E-state index in [4.69, 9.17) is 16.3 Å². The first kappa shape index (κ1) is 19.3. The van der Waals surface area contributed by atoms with E-state index in [1.807, 2.05) is 25.2 Å². The van der Waals surface area contributed by atoms with Gasteiger partial charge in [-0.3, -0.25) is 0 Å². The highest BCUT2D eigenvalue weighted by atomic mass is 35.5. The summed E-state index contributed by atoms with van der Waals surface area (Å²) >= 11 is 6.32. The quantitative estimate of drug-likeness (QED) is 0.520. The highest BCUT2D eigenvalue weighted by Gasteiger charge is 2.31. The van der Waals surface area contributed by atoms with Crippen LogP contribution in [0.3, 0.4) is 0 Å². The molecule has 132 valence electrons. The van der Waals surface area contributed by atoms with Crippen molar-refractivity contribution in [3.8, 4) is 0 Å². The second-order valence-corrected chi connectivity index (χ2v) is 7.09. The fourth-order valence-corrected chi connectivity index (χ4v) is 3.09. The van der Waals surface area contributed by atoms with Crippen molar-refractivity contribution in [2.75, 3.05) is 13.2 Å². The molecule has 1 heterocycles. The van der Waals surface area contributed by atoms with Crippen molar-refractivity contribution in [2.24, 2.45) is 0 Å². The van der Waals surface area contributed by atoms with Crippen molar-refractivity contribution in [2.45, 2.75) is 32.2 Å². The van der Waals surface area contributed by atoms with E-state index in [1.54, 1.807) is 6.08 Å². The second kappa shape index (κ2) is 8.40. The van der Waals surface area contributed by atoms with Gasteiger partial charge in [-0.1, -0.05) is 49.6 Å². The maximum atomic E-state index is 6.32. The highest BCUT2D eigenvalue weighted by Crippen LogP contribution is 2.31. The summed E-state index contributed by atoms with van der Waals surface area (Å²) in [4.78, 5) is 0. The zero-order valence-corrected chi connectivity index (χ0v) is 15.9. The largest absolute Gasteiger partial charge is 0.379 e. The van der Waals surface area contributed by atoms with Crippen molar-refractivity contribution in [1.29, 1.82) is 0 Å². The molecular formula is C22H26ClNO. The van der Waals surface area contributed by atoms with Gasteiger partial charge in [-0.05, 0) is 55.6 Å². The van der Waals surface area contributed by atoms with E-state index in [2.05, 4.69) is 43.8 Å². The van der Waals surface area contributed by atoms with Crippen LogP contribution in [-0.2, 0) is 4.74 Å². The van der Waals surface area contributed by atoms with Gasteiger partial charge in [0.15, 0.2) is 0 Å². The average Bonchev–Trinajstić information content (AvgIpc) is 2.98. The molecule has 0 amide bonds. The molecule has 1 unspecified atom stereocenters. The molecule has 0 aromatic heterocycles. The zero-order valence-electron chi connectivity index (χ0n) is 15.1. The van der Waals surface area contributed by atoms with Crippen molar-refractivity contribution in [3.63, 3.8) is 0 Å². The van der Waals surface area contributed by atoms with Crippen molar-refractivity contribution in [3.05, 3.63) is 88.9 Å². The third-order valence-corrected chi connectivity index (χ3v) is 4.61. The Kier molecular flexibility index (Phi) is 6.50. The third kappa shape index (κ3) is 4.99. The van der Waals surface area contributed by atoms with Gasteiger partial charge in [0.25, 0.3) is 0 Å². The molecule has 0 spiro atoms. The molecule has 2 nitrogen and oxygen atoms in total. The molecule has 1 aliphatic carbocycles. The van der Waals surface area contributed by atoms with Crippen LogP contribution in [0.2, 0.25) is 0 Å². The highest BCUT2D eigenvalue weighted by molar-refractivity contribution is 6.32. The maximum absolute atomic E-state index is 6.32. The van der Waals surface area contributed by atoms with Crippen molar-refractivity contribution in [1.82, 2.24) is 5.32 Å². The number of allylic oxidation sites excluding steroid dienone is 8. The molecule has 1 N–H and O–H groups in total. The topological polar surface area (TPSA) is 21.3 Å². The van der Waals surface area contributed by atoms with E-state index in [1.165, 1.54) is 0 Å². The molecule has 0 aromatic rings. The summed E-state index contributed by atoms with van der Waals surface area (Å²) in [6, 6.07) is 0. The van der Waals surface area contributed by atoms with E-state index < -0.39 is 0 Å². The Labute approximate surface area is 156 Å². The van der Waals surface area contributed by atoms with Crippen LogP contribution >= 0.6 is 11.6 Å². The Morgan fingerprint density at radius 1 is 1.48 bits per heavy atom. The number of hydrogen-bond acceptors (Lipinski definition) is 2. The molecule has 1 atom stereocenters. The van der Waals surface area contributed by atoms with Gasteiger partial charge in [0.2, 0.25) is 0 Å². The molecule has 25 heavy (non-hydrogen) atoms. The predicted molar refractivity (Wildman–Crippen MR) is 107 cm³/mol. The Bertz CT molecular complexity index is 736. The lowest BCUT2D eigenvalue weighted by Gasteiger charge is -2.29. The van der Waals surface area contributed by atoms with E-state index >= 15 is 0 Å². The van der Waals surface area contributed by atoms with Gasteiger partial charge in [0.05, 0.1) is 17.2 Å². The van der Waals surface area contributed by atoms with Gasteiger partial charge >= 0.3 is 0 Å². The molecule has 0 radical (unpaired) electrons. The Morgan fingerprint density at radius 3 is 2.84 bits per heavy atom. The number of rotatable bonds is 5. The summed E-state index contributed by atoms with van der Waals surface area (Å²) in [6.45, 7) is 17.7. The SMILES string of the molecule is C=C\C=C/C1=C(C(=C)C)/C(NC2(C)CCOC2)=C\C(=C)C(Cl)=C=CC1. The lowest BCUT2D eigenvalue weighted by molar-refractivity contribution is 0.175. The van der Waals surface area contributed by atoms with Crippen LogP contribution in [0.1, 0.15) is 26.7 Å². The number of halogens is 1. The molecule has 1 aliphatic heterocycles. The fraction of sp³-hybridized carbons (Fsp3) is 0.318. The average molecular weight is 356 g/mol. The summed E-state index contributed by atoms with van der Waals surface area (Å²) in [5, 5.41) is 4.18. The van der Waals surface area contributed by atoms with Gasteiger partial charge < -0.3 is 10.1 Å². The van der Waals surface area contributed by atoms with Crippen LogP contribution in [0.15, 0.2) is 88.9 Å². The fourth-order valence-electron chi connectivity index (χ4n) is 2.96. The summed E-state index contributed by atoms with van der Waals surface area (Å²) in [6.07, 6.45) is 11.3. The van der Waals surface area contributed by atoms with Crippen LogP contribution in [-0.4, -0.2) is 18.8 Å². The van der Waals surface area contributed by atoms with Gasteiger partial charge in [0.1, 0.15) is 0 Å². The molecule has 0 aromatic carbocycles. The molecule has 0 bridgehead atoms. The lowest BCUT2D eigenvalue weighted by atomic mass is 9.92. The summed E-state index contributed by atoms with van der Waals surface area (Å²) in [5.41, 5.74) is 7.82. The maximum Gasteiger partial charge on any atom is 0.0888 e. The first-order valence-corrected chi connectivity index (χ1v) is 8.80. The predicted octanol–water partition coefficient (Wildman–Crippen LogP) is 5.49. The molecule has 3 heteroatoms. The standard InChI is InChI=1S/C22H26ClNO/c1-6-7-9-18-10-8-11-19(23)17(4)14-20(21(18)16(2)3)24-22(5)12-13-25-15-22/h6-9,14,24H,1-2,4,10,12-13,15H2,3,5H3/b9-7-,20-14+,21-18-. The van der Waals surface area contributed by atoms with Crippen molar-refractivity contribution < 1.29 is 4.74 Å². The Hall–Kier alpha value is -1.99. The minimum atomic E-state index is -0.127. The van der Waals surface area contributed by atoms with Gasteiger partial charge in [-0.25, -0.2) is 0 Å². The van der Waals surface area contributed by atoms with E-state index in [0.29, 0.717) is 18.1 Å². The van der Waals surface area contributed by atoms with E-state index in [9.17, 15) is 0 Å². The van der Waals surface area contributed by atoms with E-state index in [-0.39, 0.29) is 5.54 Å². The molecule has 1 saturated heterocycles. The Balaban J connectivity index is 2.60. The molecule has 2 aliphatic rings. The van der Waals surface area contributed by atoms with Crippen LogP contribution in [0, 0.1) is 0 Å². The molecular weight excluding hydrogens is 330 g/mol. The van der Waals surface area contributed by atoms with Gasteiger partial charge in [-0.2, -0.15) is 0 Å². The number of nitrogens with one attached hydrogen (secondary N) is 1. The molecule has 2 rings (SSSR count).